The Balaban J connectivity index is 1.99. The summed E-state index contributed by atoms with van der Waals surface area (Å²) < 4.78 is 5.09. The lowest BCUT2D eigenvalue weighted by atomic mass is 10.1. The summed E-state index contributed by atoms with van der Waals surface area (Å²) in [5.41, 5.74) is 1.71. The molecule has 1 aliphatic heterocycles. The second-order valence-electron chi connectivity index (χ2n) is 5.82. The van der Waals surface area contributed by atoms with Gasteiger partial charge in [0.2, 0.25) is 5.91 Å². The lowest BCUT2D eigenvalue weighted by molar-refractivity contribution is -0.119. The molecule has 2 rings (SSSR count). The van der Waals surface area contributed by atoms with Crippen LogP contribution < -0.4 is 10.2 Å². The molecule has 0 aromatic heterocycles. The summed E-state index contributed by atoms with van der Waals surface area (Å²) in [7, 11) is 5.59. The van der Waals surface area contributed by atoms with E-state index in [-0.39, 0.29) is 11.8 Å². The fraction of sp³-hybridized carbons (Fsp3) is 0.562. The molecular formula is C16H24ClN3O2. The molecular weight excluding hydrogens is 302 g/mol. The molecule has 1 N–H and O–H groups in total. The van der Waals surface area contributed by atoms with E-state index in [1.54, 1.807) is 13.2 Å². The van der Waals surface area contributed by atoms with E-state index in [0.29, 0.717) is 11.6 Å². The van der Waals surface area contributed by atoms with Crippen LogP contribution in [0.4, 0.5) is 11.4 Å². The van der Waals surface area contributed by atoms with Crippen molar-refractivity contribution in [3.63, 3.8) is 0 Å². The van der Waals surface area contributed by atoms with Crippen molar-refractivity contribution in [3.8, 4) is 0 Å². The molecule has 0 bridgehead atoms. The van der Waals surface area contributed by atoms with Crippen molar-refractivity contribution in [3.05, 3.63) is 23.2 Å². The molecule has 0 radical (unpaired) electrons. The Bertz CT molecular complexity index is 522. The Labute approximate surface area is 137 Å². The Morgan fingerprint density at radius 2 is 2.27 bits per heavy atom. The zero-order valence-electron chi connectivity index (χ0n) is 13.4. The van der Waals surface area contributed by atoms with Crippen molar-refractivity contribution in [2.45, 2.75) is 6.42 Å². The highest BCUT2D eigenvalue weighted by atomic mass is 35.5. The van der Waals surface area contributed by atoms with Crippen LogP contribution in [0, 0.1) is 5.92 Å². The van der Waals surface area contributed by atoms with Gasteiger partial charge in [-0.25, -0.2) is 0 Å². The molecule has 6 heteroatoms. The number of nitrogens with zero attached hydrogens (tertiary/aromatic N) is 2. The number of hydrogen-bond acceptors (Lipinski definition) is 4. The molecule has 1 saturated heterocycles. The highest BCUT2D eigenvalue weighted by Gasteiger charge is 2.28. The van der Waals surface area contributed by atoms with Crippen molar-refractivity contribution >= 4 is 28.9 Å². The average Bonchev–Trinajstić information content (AvgIpc) is 2.93. The summed E-state index contributed by atoms with van der Waals surface area (Å²) in [5, 5.41) is 3.65. The molecule has 1 aromatic carbocycles. The highest BCUT2D eigenvalue weighted by molar-refractivity contribution is 6.31. The number of halogens is 1. The zero-order valence-corrected chi connectivity index (χ0v) is 14.2. The molecule has 22 heavy (non-hydrogen) atoms. The summed E-state index contributed by atoms with van der Waals surface area (Å²) in [6.07, 6.45) is 0.882. The first-order valence-electron chi connectivity index (χ1n) is 7.50. The SMILES string of the molecule is COCCN1CCC(C(=O)Nc2cc(Cl)ccc2N(C)C)C1. The lowest BCUT2D eigenvalue weighted by Gasteiger charge is -2.20. The van der Waals surface area contributed by atoms with Crippen LogP contribution in [0.3, 0.4) is 0 Å². The maximum absolute atomic E-state index is 12.5. The van der Waals surface area contributed by atoms with Gasteiger partial charge >= 0.3 is 0 Å². The summed E-state index contributed by atoms with van der Waals surface area (Å²) in [6.45, 7) is 3.30. The van der Waals surface area contributed by atoms with Gasteiger partial charge in [-0.1, -0.05) is 11.6 Å². The molecule has 1 atom stereocenters. The van der Waals surface area contributed by atoms with Gasteiger partial charge in [-0.15, -0.1) is 0 Å². The molecule has 0 aliphatic carbocycles. The fourth-order valence-electron chi connectivity index (χ4n) is 2.70. The molecule has 5 nitrogen and oxygen atoms in total. The molecule has 1 unspecified atom stereocenters. The van der Waals surface area contributed by atoms with Crippen LogP contribution in [0.15, 0.2) is 18.2 Å². The first-order chi connectivity index (χ1) is 10.5. The first kappa shape index (κ1) is 17.1. The van der Waals surface area contributed by atoms with E-state index in [1.165, 1.54) is 0 Å². The van der Waals surface area contributed by atoms with Crippen LogP contribution in [0.2, 0.25) is 5.02 Å². The largest absolute Gasteiger partial charge is 0.383 e. The van der Waals surface area contributed by atoms with Crippen molar-refractivity contribution in [2.75, 3.05) is 57.7 Å². The van der Waals surface area contributed by atoms with E-state index < -0.39 is 0 Å². The van der Waals surface area contributed by atoms with E-state index >= 15 is 0 Å². The van der Waals surface area contributed by atoms with Gasteiger partial charge in [-0.2, -0.15) is 0 Å². The number of methoxy groups -OCH3 is 1. The molecule has 1 fully saturated rings. The molecule has 1 aromatic rings. The van der Waals surface area contributed by atoms with Crippen molar-refractivity contribution in [1.82, 2.24) is 4.90 Å². The van der Waals surface area contributed by atoms with Gasteiger partial charge in [0.15, 0.2) is 0 Å². The van der Waals surface area contributed by atoms with Gasteiger partial charge in [0.05, 0.1) is 23.9 Å². The molecule has 0 spiro atoms. The molecule has 0 saturated carbocycles. The number of benzene rings is 1. The fourth-order valence-corrected chi connectivity index (χ4v) is 2.88. The number of ether oxygens (including phenoxy) is 1. The first-order valence-corrected chi connectivity index (χ1v) is 7.88. The van der Waals surface area contributed by atoms with Crippen LogP contribution in [0.5, 0.6) is 0 Å². The van der Waals surface area contributed by atoms with Gasteiger partial charge in [-0.05, 0) is 31.2 Å². The maximum atomic E-state index is 12.5. The van der Waals surface area contributed by atoms with Gasteiger partial charge in [0.25, 0.3) is 0 Å². The number of likely N-dealkylation sites (tertiary alicyclic amines) is 1. The van der Waals surface area contributed by atoms with Crippen molar-refractivity contribution in [2.24, 2.45) is 5.92 Å². The standard InChI is InChI=1S/C16H24ClN3O2/c1-19(2)15-5-4-13(17)10-14(15)18-16(21)12-6-7-20(11-12)8-9-22-3/h4-5,10,12H,6-9,11H2,1-3H3,(H,18,21). The van der Waals surface area contributed by atoms with Crippen molar-refractivity contribution in [1.29, 1.82) is 0 Å². The third kappa shape index (κ3) is 4.35. The van der Waals surface area contributed by atoms with Gasteiger partial charge in [-0.3, -0.25) is 4.79 Å². The normalized spacial score (nSPS) is 18.5. The summed E-state index contributed by atoms with van der Waals surface area (Å²) in [4.78, 5) is 16.7. The smallest absolute Gasteiger partial charge is 0.228 e. The number of hydrogen-bond donors (Lipinski definition) is 1. The number of rotatable bonds is 6. The van der Waals surface area contributed by atoms with Gasteiger partial charge in [0.1, 0.15) is 0 Å². The van der Waals surface area contributed by atoms with E-state index in [0.717, 1.165) is 37.4 Å². The minimum absolute atomic E-state index is 0.0193. The minimum Gasteiger partial charge on any atom is -0.383 e. The third-order valence-electron chi connectivity index (χ3n) is 3.95. The van der Waals surface area contributed by atoms with E-state index in [1.807, 2.05) is 31.1 Å². The second-order valence-corrected chi connectivity index (χ2v) is 6.26. The highest BCUT2D eigenvalue weighted by Crippen LogP contribution is 2.29. The predicted molar refractivity (Wildman–Crippen MR) is 90.8 cm³/mol. The van der Waals surface area contributed by atoms with E-state index in [4.69, 9.17) is 16.3 Å². The molecule has 1 aliphatic rings. The summed E-state index contributed by atoms with van der Waals surface area (Å²) >= 11 is 6.05. The Morgan fingerprint density at radius 1 is 1.50 bits per heavy atom. The Kier molecular flexibility index (Phi) is 6.06. The Morgan fingerprint density at radius 3 is 2.95 bits per heavy atom. The van der Waals surface area contributed by atoms with Crippen LogP contribution in [-0.2, 0) is 9.53 Å². The number of nitrogens with one attached hydrogen (secondary N) is 1. The van der Waals surface area contributed by atoms with E-state index in [2.05, 4.69) is 10.2 Å². The number of anilines is 2. The monoisotopic (exact) mass is 325 g/mol. The number of carbonyl (C=O) groups excluding carboxylic acids is 1. The average molecular weight is 326 g/mol. The van der Waals surface area contributed by atoms with Crippen LogP contribution in [0.25, 0.3) is 0 Å². The van der Waals surface area contributed by atoms with E-state index in [9.17, 15) is 4.79 Å². The summed E-state index contributed by atoms with van der Waals surface area (Å²) in [6, 6.07) is 5.54. The summed E-state index contributed by atoms with van der Waals surface area (Å²) in [5.74, 6) is 0.0798. The van der Waals surface area contributed by atoms with Gasteiger partial charge in [0, 0.05) is 39.3 Å². The molecule has 1 amide bonds. The van der Waals surface area contributed by atoms with Crippen LogP contribution in [0.1, 0.15) is 6.42 Å². The number of amides is 1. The topological polar surface area (TPSA) is 44.8 Å². The molecule has 1 heterocycles. The van der Waals surface area contributed by atoms with Crippen molar-refractivity contribution < 1.29 is 9.53 Å². The number of carbonyl (C=O) groups is 1. The minimum atomic E-state index is 0.0193. The zero-order chi connectivity index (χ0) is 16.1. The maximum Gasteiger partial charge on any atom is 0.228 e. The Hall–Kier alpha value is -1.30. The third-order valence-corrected chi connectivity index (χ3v) is 4.19. The van der Waals surface area contributed by atoms with Crippen LogP contribution in [-0.4, -0.2) is 58.3 Å². The molecule has 122 valence electrons. The van der Waals surface area contributed by atoms with Gasteiger partial charge < -0.3 is 19.9 Å². The van der Waals surface area contributed by atoms with Crippen LogP contribution >= 0.6 is 11.6 Å². The quantitative estimate of drug-likeness (QED) is 0.872. The lowest BCUT2D eigenvalue weighted by Crippen LogP contribution is -2.29. The second kappa shape index (κ2) is 7.81. The predicted octanol–water partition coefficient (Wildman–Crippen LogP) is 2.31.